The first-order chi connectivity index (χ1) is 7.79. The average molecular weight is 246 g/mol. The van der Waals surface area contributed by atoms with Gasteiger partial charge < -0.3 is 23.8 Å². The van der Waals surface area contributed by atoms with Crippen LogP contribution < -0.4 is 23.8 Å². The van der Waals surface area contributed by atoms with E-state index in [1.165, 1.54) is 0 Å². The van der Waals surface area contributed by atoms with E-state index in [1.54, 1.807) is 0 Å². The van der Waals surface area contributed by atoms with E-state index in [-0.39, 0.29) is 24.4 Å². The van der Waals surface area contributed by atoms with E-state index in [0.29, 0.717) is 0 Å². The van der Waals surface area contributed by atoms with Gasteiger partial charge in [0.25, 0.3) is 0 Å². The van der Waals surface area contributed by atoms with E-state index in [1.807, 2.05) is 60.7 Å². The van der Waals surface area contributed by atoms with Crippen molar-refractivity contribution in [3.63, 3.8) is 0 Å². The van der Waals surface area contributed by atoms with Crippen molar-refractivity contribution in [2.45, 2.75) is 12.1 Å². The number of benzene rings is 2. The lowest BCUT2D eigenvalue weighted by atomic mass is 9.95. The summed E-state index contributed by atoms with van der Waals surface area (Å²) in [7, 11) is 0. The minimum Gasteiger partial charge on any atom is -0.344 e. The van der Waals surface area contributed by atoms with E-state index in [4.69, 9.17) is 11.5 Å². The molecule has 0 saturated heterocycles. The summed E-state index contributed by atoms with van der Waals surface area (Å²) < 4.78 is 0. The van der Waals surface area contributed by atoms with Crippen molar-refractivity contribution >= 4 is 0 Å². The van der Waals surface area contributed by atoms with Crippen LogP contribution in [-0.4, -0.2) is 0 Å². The molecule has 0 fully saturated rings. The van der Waals surface area contributed by atoms with Crippen LogP contribution in [0.15, 0.2) is 60.7 Å². The molecule has 0 saturated carbocycles. The highest BCUT2D eigenvalue weighted by atomic mass is 14.8. The van der Waals surface area contributed by atoms with E-state index in [9.17, 15) is 0 Å². The van der Waals surface area contributed by atoms with Gasteiger partial charge in [0.05, 0.1) is 0 Å². The molecule has 2 aromatic rings. The van der Waals surface area contributed by atoms with E-state index < -0.39 is 0 Å². The van der Waals surface area contributed by atoms with Gasteiger partial charge in [-0.25, -0.2) is 0 Å². The Bertz CT molecular complexity index is 387. The van der Waals surface area contributed by atoms with Crippen LogP contribution in [0.5, 0.6) is 0 Å². The van der Waals surface area contributed by atoms with Crippen molar-refractivity contribution in [2.24, 2.45) is 11.5 Å². The monoisotopic (exact) mass is 246 g/mol. The highest BCUT2D eigenvalue weighted by molar-refractivity contribution is 5.26. The predicted molar refractivity (Wildman–Crippen MR) is 76.8 cm³/mol. The summed E-state index contributed by atoms with van der Waals surface area (Å²) >= 11 is 0. The third-order valence-corrected chi connectivity index (χ3v) is 2.76. The average Bonchev–Trinajstić information content (AvgIpc) is 2.39. The third-order valence-electron chi connectivity index (χ3n) is 2.76. The van der Waals surface area contributed by atoms with Gasteiger partial charge in [0.2, 0.25) is 0 Å². The highest BCUT2D eigenvalue weighted by Gasteiger charge is 2.16. The summed E-state index contributed by atoms with van der Waals surface area (Å²) in [5.41, 5.74) is 14.4. The molecule has 98 valence electrons. The first-order valence-corrected chi connectivity index (χ1v) is 5.40. The van der Waals surface area contributed by atoms with Gasteiger partial charge in [-0.15, -0.1) is 0 Å². The van der Waals surface area contributed by atoms with Gasteiger partial charge in [-0.3, -0.25) is 0 Å². The smallest absolute Gasteiger partial charge is 0.0491 e. The van der Waals surface area contributed by atoms with Gasteiger partial charge >= 0.3 is 0 Å². The van der Waals surface area contributed by atoms with E-state index >= 15 is 0 Å². The lowest BCUT2D eigenvalue weighted by Gasteiger charge is -2.20. The van der Waals surface area contributed by atoms with Crippen molar-refractivity contribution in [3.8, 4) is 0 Å². The number of rotatable bonds is 3. The molecule has 0 aromatic heterocycles. The molecule has 2 rings (SSSR count). The van der Waals surface area contributed by atoms with Crippen LogP contribution in [0.3, 0.4) is 0 Å². The summed E-state index contributed by atoms with van der Waals surface area (Å²) in [6.45, 7) is 0. The Kier molecular flexibility index (Phi) is 6.85. The summed E-state index contributed by atoms with van der Waals surface area (Å²) in [5, 5.41) is 0. The molecule has 18 heavy (non-hydrogen) atoms. The second-order valence-corrected chi connectivity index (χ2v) is 3.87. The van der Waals surface area contributed by atoms with Crippen molar-refractivity contribution in [3.05, 3.63) is 71.8 Å². The zero-order valence-corrected chi connectivity index (χ0v) is 10.5. The summed E-state index contributed by atoms with van der Waals surface area (Å²) in [4.78, 5) is 0. The minimum atomic E-state index is -0.163. The number of hydrogen-bond acceptors (Lipinski definition) is 4. The van der Waals surface area contributed by atoms with Crippen LogP contribution in [-0.2, 0) is 0 Å². The zero-order chi connectivity index (χ0) is 11.4. The van der Waals surface area contributed by atoms with Gasteiger partial charge in [0, 0.05) is 12.1 Å². The Morgan fingerprint density at radius 2 is 0.833 bits per heavy atom. The molecule has 0 amide bonds. The van der Waals surface area contributed by atoms with Crippen LogP contribution >= 0.6 is 0 Å². The standard InChI is InChI=1S/C14H16N2.2H3N/c15-13(11-7-3-1-4-8-11)14(16)12-9-5-2-6-10-12;;/h1-10,13-14H,15-16H2;2*1H3/t13-,14-;;/m0../s1. The Hall–Kier alpha value is -1.72. The normalized spacial score (nSPS) is 12.8. The highest BCUT2D eigenvalue weighted by Crippen LogP contribution is 2.23. The first-order valence-electron chi connectivity index (χ1n) is 5.40. The first kappa shape index (κ1) is 16.3. The number of hydrogen-bond donors (Lipinski definition) is 4. The van der Waals surface area contributed by atoms with Crippen LogP contribution in [0.25, 0.3) is 0 Å². The maximum Gasteiger partial charge on any atom is 0.0491 e. The second kappa shape index (κ2) is 7.58. The number of nitrogens with two attached hydrogens (primary N) is 2. The van der Waals surface area contributed by atoms with Gasteiger partial charge in [0.15, 0.2) is 0 Å². The third kappa shape index (κ3) is 3.65. The Labute approximate surface area is 108 Å². The molecule has 0 aliphatic rings. The van der Waals surface area contributed by atoms with Crippen LogP contribution in [0, 0.1) is 0 Å². The topological polar surface area (TPSA) is 122 Å². The Balaban J connectivity index is 0.00000144. The van der Waals surface area contributed by atoms with Crippen molar-refractivity contribution < 1.29 is 0 Å². The van der Waals surface area contributed by atoms with Crippen LogP contribution in [0.1, 0.15) is 23.2 Å². The second-order valence-electron chi connectivity index (χ2n) is 3.87. The molecule has 0 bridgehead atoms. The van der Waals surface area contributed by atoms with Gasteiger partial charge in [-0.2, -0.15) is 0 Å². The molecule has 0 heterocycles. The Morgan fingerprint density at radius 3 is 1.11 bits per heavy atom. The molecule has 4 heteroatoms. The lowest BCUT2D eigenvalue weighted by Crippen LogP contribution is -2.26. The van der Waals surface area contributed by atoms with Crippen molar-refractivity contribution in [1.82, 2.24) is 12.3 Å². The molecular weight excluding hydrogens is 224 g/mol. The van der Waals surface area contributed by atoms with Crippen LogP contribution in [0.2, 0.25) is 0 Å². The van der Waals surface area contributed by atoms with Gasteiger partial charge in [0.1, 0.15) is 0 Å². The molecule has 0 unspecified atom stereocenters. The van der Waals surface area contributed by atoms with Gasteiger partial charge in [-0.05, 0) is 11.1 Å². The predicted octanol–water partition coefficient (Wildman–Crippen LogP) is 2.71. The fourth-order valence-electron chi connectivity index (χ4n) is 1.77. The summed E-state index contributed by atoms with van der Waals surface area (Å²) in [6, 6.07) is 19.6. The zero-order valence-electron chi connectivity index (χ0n) is 10.5. The molecule has 2 aromatic carbocycles. The van der Waals surface area contributed by atoms with Crippen LogP contribution in [0.4, 0.5) is 0 Å². The molecule has 0 spiro atoms. The van der Waals surface area contributed by atoms with E-state index in [2.05, 4.69) is 0 Å². The maximum atomic E-state index is 6.15. The largest absolute Gasteiger partial charge is 0.344 e. The molecule has 4 nitrogen and oxygen atoms in total. The molecular formula is C14H22N4. The SMILES string of the molecule is N.N.N[C@@H](c1ccccc1)[C@@H](N)c1ccccc1. The van der Waals surface area contributed by atoms with Gasteiger partial charge in [-0.1, -0.05) is 60.7 Å². The molecule has 0 radical (unpaired) electrons. The fraction of sp³-hybridized carbons (Fsp3) is 0.143. The van der Waals surface area contributed by atoms with Crippen molar-refractivity contribution in [2.75, 3.05) is 0 Å². The molecule has 0 aliphatic heterocycles. The maximum absolute atomic E-state index is 6.15. The summed E-state index contributed by atoms with van der Waals surface area (Å²) in [6.07, 6.45) is 0. The summed E-state index contributed by atoms with van der Waals surface area (Å²) in [5.74, 6) is 0. The quantitative estimate of drug-likeness (QED) is 0.665. The molecule has 0 aliphatic carbocycles. The van der Waals surface area contributed by atoms with Crippen molar-refractivity contribution in [1.29, 1.82) is 0 Å². The van der Waals surface area contributed by atoms with E-state index in [0.717, 1.165) is 11.1 Å². The molecule has 2 atom stereocenters. The Morgan fingerprint density at radius 1 is 0.556 bits per heavy atom. The molecule has 10 N–H and O–H groups in total. The lowest BCUT2D eigenvalue weighted by molar-refractivity contribution is 0.574. The fourth-order valence-corrected chi connectivity index (χ4v) is 1.77. The minimum absolute atomic E-state index is 0.